The maximum Gasteiger partial charge on any atom is 0.326 e. The highest BCUT2D eigenvalue weighted by Crippen LogP contribution is 2.35. The van der Waals surface area contributed by atoms with Gasteiger partial charge in [-0.3, -0.25) is 35.2 Å². The molecular formula is C20H25N5O8. The van der Waals surface area contributed by atoms with Gasteiger partial charge in [-0.25, -0.2) is 0 Å². The number of benzene rings is 1. The predicted molar refractivity (Wildman–Crippen MR) is 116 cm³/mol. The highest BCUT2D eigenvalue weighted by molar-refractivity contribution is 5.85. The molecule has 0 spiro atoms. The average Bonchev–Trinajstić information content (AvgIpc) is 2.76. The number of hydrogen-bond donors (Lipinski definition) is 1. The van der Waals surface area contributed by atoms with Crippen LogP contribution in [0.15, 0.2) is 23.3 Å². The molecule has 13 heteroatoms. The molecule has 0 fully saturated rings. The predicted octanol–water partition coefficient (Wildman–Crippen LogP) is 3.34. The van der Waals surface area contributed by atoms with Gasteiger partial charge in [0, 0.05) is 24.6 Å². The Bertz CT molecular complexity index is 987. The number of anilines is 1. The molecule has 1 aromatic rings. The number of nitrogens with one attached hydrogen (secondary N) is 1. The third-order valence-corrected chi connectivity index (χ3v) is 4.85. The summed E-state index contributed by atoms with van der Waals surface area (Å²) in [5, 5.41) is 35.9. The van der Waals surface area contributed by atoms with Crippen molar-refractivity contribution in [3.05, 3.63) is 38.4 Å². The number of carbonyl (C=O) groups is 2. The molecule has 0 heterocycles. The molecule has 178 valence electrons. The first-order chi connectivity index (χ1) is 15.5. The van der Waals surface area contributed by atoms with E-state index >= 15 is 0 Å². The molecule has 0 amide bonds. The lowest BCUT2D eigenvalue weighted by molar-refractivity contribution is -0.393. The zero-order valence-electron chi connectivity index (χ0n) is 18.7. The molecule has 0 radical (unpaired) electrons. The molecule has 2 atom stereocenters. The fourth-order valence-electron chi connectivity index (χ4n) is 2.87. The van der Waals surface area contributed by atoms with Crippen LogP contribution in [0.5, 0.6) is 0 Å². The molecular weight excluding hydrogens is 438 g/mol. The second-order valence-corrected chi connectivity index (χ2v) is 7.18. The molecule has 2 unspecified atom stereocenters. The molecule has 0 aliphatic rings. The van der Waals surface area contributed by atoms with Crippen LogP contribution in [0.4, 0.5) is 17.1 Å². The highest BCUT2D eigenvalue weighted by atomic mass is 16.6. The molecule has 33 heavy (non-hydrogen) atoms. The van der Waals surface area contributed by atoms with Gasteiger partial charge in [-0.1, -0.05) is 6.92 Å². The van der Waals surface area contributed by atoms with Crippen molar-refractivity contribution in [2.75, 3.05) is 18.6 Å². The highest BCUT2D eigenvalue weighted by Gasteiger charge is 2.46. The summed E-state index contributed by atoms with van der Waals surface area (Å²) in [6.45, 7) is 5.88. The van der Waals surface area contributed by atoms with Crippen molar-refractivity contribution in [2.24, 2.45) is 16.4 Å². The van der Waals surface area contributed by atoms with Gasteiger partial charge in [0.15, 0.2) is 5.41 Å². The first-order valence-electron chi connectivity index (χ1n) is 9.92. The van der Waals surface area contributed by atoms with Crippen molar-refractivity contribution in [1.29, 1.82) is 5.26 Å². The van der Waals surface area contributed by atoms with Crippen molar-refractivity contribution in [3.63, 3.8) is 0 Å². The van der Waals surface area contributed by atoms with E-state index in [-0.39, 0.29) is 31.7 Å². The number of hydrazone groups is 1. The van der Waals surface area contributed by atoms with Gasteiger partial charge in [-0.15, -0.1) is 0 Å². The van der Waals surface area contributed by atoms with Crippen LogP contribution in [-0.2, 0) is 19.1 Å². The van der Waals surface area contributed by atoms with Gasteiger partial charge in [0.2, 0.25) is 0 Å². The minimum Gasteiger partial charge on any atom is -0.466 e. The summed E-state index contributed by atoms with van der Waals surface area (Å²) in [5.41, 5.74) is 0.239. The normalized spacial score (nSPS) is 13.7. The molecule has 0 aliphatic carbocycles. The Hall–Kier alpha value is -4.08. The number of carbonyl (C=O) groups excluding carboxylic acids is 2. The molecule has 0 aliphatic heterocycles. The summed E-state index contributed by atoms with van der Waals surface area (Å²) in [4.78, 5) is 44.3. The van der Waals surface area contributed by atoms with E-state index in [1.807, 2.05) is 6.07 Å². The molecule has 0 aromatic heterocycles. The van der Waals surface area contributed by atoms with Gasteiger partial charge in [-0.05, 0) is 32.8 Å². The monoisotopic (exact) mass is 463 g/mol. The minimum atomic E-state index is -1.61. The molecule has 1 aromatic carbocycles. The van der Waals surface area contributed by atoms with E-state index in [2.05, 4.69) is 10.5 Å². The summed E-state index contributed by atoms with van der Waals surface area (Å²) >= 11 is 0. The standard InChI is InChI=1S/C20H25N5O8/c1-5-32-19(27)20(12-21,13(2)11-33-15(4)26)9-8-14(3)22-23-17-7-6-16(24(28)29)10-18(17)25(30)31/h6-7,10,13,23H,5,8-9,11H2,1-4H3/b22-14+. The summed E-state index contributed by atoms with van der Waals surface area (Å²) in [6, 6.07) is 5.06. The summed E-state index contributed by atoms with van der Waals surface area (Å²) in [6.07, 6.45) is 0.120. The second kappa shape index (κ2) is 12.1. The average molecular weight is 463 g/mol. The van der Waals surface area contributed by atoms with Crippen molar-refractivity contribution in [2.45, 2.75) is 40.5 Å². The second-order valence-electron chi connectivity index (χ2n) is 7.18. The zero-order valence-corrected chi connectivity index (χ0v) is 18.7. The number of hydrogen-bond acceptors (Lipinski definition) is 11. The van der Waals surface area contributed by atoms with Gasteiger partial charge < -0.3 is 9.47 Å². The zero-order chi connectivity index (χ0) is 25.2. The number of nitro groups is 2. The maximum absolute atomic E-state index is 12.6. The lowest BCUT2D eigenvalue weighted by Gasteiger charge is -2.30. The van der Waals surface area contributed by atoms with E-state index in [1.54, 1.807) is 20.8 Å². The van der Waals surface area contributed by atoms with Gasteiger partial charge in [0.1, 0.15) is 5.69 Å². The Balaban J connectivity index is 3.07. The van der Waals surface area contributed by atoms with E-state index in [9.17, 15) is 35.1 Å². The fourth-order valence-corrected chi connectivity index (χ4v) is 2.87. The van der Waals surface area contributed by atoms with E-state index in [1.165, 1.54) is 6.92 Å². The van der Waals surface area contributed by atoms with E-state index in [0.29, 0.717) is 5.71 Å². The lowest BCUT2D eigenvalue weighted by atomic mass is 9.74. The molecule has 1 N–H and O–H groups in total. The summed E-state index contributed by atoms with van der Waals surface area (Å²) < 4.78 is 10.0. The lowest BCUT2D eigenvalue weighted by Crippen LogP contribution is -2.40. The van der Waals surface area contributed by atoms with Crippen LogP contribution in [-0.4, -0.2) is 40.7 Å². The SMILES string of the molecule is CCOC(=O)C(C#N)(CC/C(C)=N/Nc1ccc([N+](=O)[O-])cc1[N+](=O)[O-])C(C)COC(C)=O. The number of nitro benzene ring substituents is 2. The largest absolute Gasteiger partial charge is 0.466 e. The first-order valence-corrected chi connectivity index (χ1v) is 9.92. The van der Waals surface area contributed by atoms with Gasteiger partial charge in [0.05, 0.1) is 35.2 Å². The third kappa shape index (κ3) is 7.23. The van der Waals surface area contributed by atoms with Crippen molar-refractivity contribution in [1.82, 2.24) is 0 Å². The molecule has 0 saturated carbocycles. The van der Waals surface area contributed by atoms with Crippen molar-refractivity contribution >= 4 is 34.7 Å². The first kappa shape index (κ1) is 27.0. The third-order valence-electron chi connectivity index (χ3n) is 4.85. The molecule has 0 bridgehead atoms. The Kier molecular flexibility index (Phi) is 9.87. The number of nitrogens with zero attached hydrogens (tertiary/aromatic N) is 4. The minimum absolute atomic E-state index is 0.00979. The van der Waals surface area contributed by atoms with E-state index < -0.39 is 44.5 Å². The fraction of sp³-hybridized carbons (Fsp3) is 0.500. The van der Waals surface area contributed by atoms with Crippen molar-refractivity contribution < 1.29 is 28.9 Å². The maximum atomic E-state index is 12.6. The number of rotatable bonds is 12. The Morgan fingerprint density at radius 1 is 1.24 bits per heavy atom. The van der Waals surface area contributed by atoms with Crippen LogP contribution < -0.4 is 5.43 Å². The number of non-ortho nitro benzene ring substituents is 1. The smallest absolute Gasteiger partial charge is 0.326 e. The van der Waals surface area contributed by atoms with Gasteiger partial charge >= 0.3 is 17.6 Å². The van der Waals surface area contributed by atoms with Crippen LogP contribution in [0.25, 0.3) is 0 Å². The van der Waals surface area contributed by atoms with E-state index in [4.69, 9.17) is 9.47 Å². The number of ether oxygens (including phenoxy) is 2. The van der Waals surface area contributed by atoms with Crippen LogP contribution >= 0.6 is 0 Å². The van der Waals surface area contributed by atoms with Crippen molar-refractivity contribution in [3.8, 4) is 6.07 Å². The Morgan fingerprint density at radius 2 is 1.91 bits per heavy atom. The summed E-state index contributed by atoms with van der Waals surface area (Å²) in [7, 11) is 0. The van der Waals surface area contributed by atoms with E-state index in [0.717, 1.165) is 18.2 Å². The van der Waals surface area contributed by atoms with Crippen LogP contribution in [0.2, 0.25) is 0 Å². The molecule has 13 nitrogen and oxygen atoms in total. The quantitative estimate of drug-likeness (QED) is 0.208. The van der Waals surface area contributed by atoms with Gasteiger partial charge in [-0.2, -0.15) is 10.4 Å². The number of esters is 2. The summed E-state index contributed by atoms with van der Waals surface area (Å²) in [5.74, 6) is -1.98. The topological polar surface area (TPSA) is 187 Å². The van der Waals surface area contributed by atoms with Crippen LogP contribution in [0.3, 0.4) is 0 Å². The number of nitriles is 1. The van der Waals surface area contributed by atoms with Crippen LogP contribution in [0, 0.1) is 42.9 Å². The molecule has 1 rings (SSSR count). The Labute approximate surface area is 189 Å². The van der Waals surface area contributed by atoms with Gasteiger partial charge in [0.25, 0.3) is 5.69 Å². The van der Waals surface area contributed by atoms with Crippen LogP contribution in [0.1, 0.15) is 40.5 Å². The Morgan fingerprint density at radius 3 is 2.42 bits per heavy atom. The molecule has 0 saturated heterocycles.